The Bertz CT molecular complexity index is 331. The molecule has 0 spiro atoms. The third-order valence-corrected chi connectivity index (χ3v) is 2.77. The number of ether oxygens (including phenoxy) is 1. The van der Waals surface area contributed by atoms with E-state index in [0.29, 0.717) is 24.4 Å². The molecule has 3 heteroatoms. The minimum atomic E-state index is -0.298. The van der Waals surface area contributed by atoms with Gasteiger partial charge in [0.2, 0.25) is 0 Å². The first-order valence-corrected chi connectivity index (χ1v) is 6.15. The summed E-state index contributed by atoms with van der Waals surface area (Å²) in [7, 11) is 0. The van der Waals surface area contributed by atoms with Crippen molar-refractivity contribution in [1.82, 2.24) is 4.90 Å². The molecule has 1 rings (SSSR count). The minimum absolute atomic E-state index is 0.298. The molecule has 0 saturated carbocycles. The van der Waals surface area contributed by atoms with Crippen LogP contribution in [0.3, 0.4) is 0 Å². The highest BCUT2D eigenvalue weighted by atomic mass is 19.1. The molecule has 0 N–H and O–H groups in total. The first-order valence-electron chi connectivity index (χ1n) is 6.15. The van der Waals surface area contributed by atoms with Gasteiger partial charge < -0.3 is 4.74 Å². The van der Waals surface area contributed by atoms with E-state index in [1.165, 1.54) is 6.07 Å². The molecule has 0 unspecified atom stereocenters. The largest absolute Gasteiger partial charge is 0.489 e. The van der Waals surface area contributed by atoms with Crippen LogP contribution in [0, 0.1) is 5.82 Å². The third-order valence-electron chi connectivity index (χ3n) is 2.77. The van der Waals surface area contributed by atoms with Crippen molar-refractivity contribution in [3.05, 3.63) is 30.1 Å². The molecule has 0 radical (unpaired) electrons. The van der Waals surface area contributed by atoms with E-state index in [0.717, 1.165) is 6.54 Å². The van der Waals surface area contributed by atoms with Gasteiger partial charge in [0.15, 0.2) is 11.6 Å². The number of halogens is 1. The lowest BCUT2D eigenvalue weighted by molar-refractivity contribution is 0.140. The highest BCUT2D eigenvalue weighted by molar-refractivity contribution is 5.23. The van der Waals surface area contributed by atoms with Crippen LogP contribution in [0.5, 0.6) is 5.75 Å². The van der Waals surface area contributed by atoms with Crippen molar-refractivity contribution in [2.45, 2.75) is 39.8 Å². The third kappa shape index (κ3) is 4.35. The van der Waals surface area contributed by atoms with Crippen LogP contribution in [0.1, 0.15) is 27.7 Å². The van der Waals surface area contributed by atoms with E-state index < -0.39 is 0 Å². The molecule has 2 nitrogen and oxygen atoms in total. The van der Waals surface area contributed by atoms with E-state index >= 15 is 0 Å². The Kier molecular flexibility index (Phi) is 5.42. The van der Waals surface area contributed by atoms with E-state index in [9.17, 15) is 4.39 Å². The molecule has 0 amide bonds. The number of rotatable bonds is 6. The molecule has 0 saturated heterocycles. The molecule has 1 aromatic rings. The van der Waals surface area contributed by atoms with Gasteiger partial charge in [-0.2, -0.15) is 0 Å². The number of hydrogen-bond donors (Lipinski definition) is 0. The van der Waals surface area contributed by atoms with Gasteiger partial charge in [-0.3, -0.25) is 4.90 Å². The SMILES string of the molecule is CC(C)N(CCOc1ccccc1F)C(C)C. The van der Waals surface area contributed by atoms with Crippen LogP contribution in [-0.2, 0) is 0 Å². The zero-order valence-corrected chi connectivity index (χ0v) is 11.1. The molecule has 0 aromatic heterocycles. The molecule has 0 aliphatic carbocycles. The van der Waals surface area contributed by atoms with Gasteiger partial charge in [-0.25, -0.2) is 4.39 Å². The van der Waals surface area contributed by atoms with E-state index in [-0.39, 0.29) is 5.82 Å². The molecule has 0 fully saturated rings. The van der Waals surface area contributed by atoms with Crippen LogP contribution in [-0.4, -0.2) is 30.1 Å². The summed E-state index contributed by atoms with van der Waals surface area (Å²) >= 11 is 0. The van der Waals surface area contributed by atoms with Gasteiger partial charge in [-0.1, -0.05) is 12.1 Å². The predicted octanol–water partition coefficient (Wildman–Crippen LogP) is 3.32. The fourth-order valence-electron chi connectivity index (χ4n) is 1.94. The quantitative estimate of drug-likeness (QED) is 0.755. The molecular weight excluding hydrogens is 217 g/mol. The lowest BCUT2D eigenvalue weighted by atomic mass is 10.2. The fourth-order valence-corrected chi connectivity index (χ4v) is 1.94. The maximum absolute atomic E-state index is 13.3. The Morgan fingerprint density at radius 3 is 2.24 bits per heavy atom. The predicted molar refractivity (Wildman–Crippen MR) is 68.9 cm³/mol. The van der Waals surface area contributed by atoms with E-state index in [2.05, 4.69) is 32.6 Å². The first kappa shape index (κ1) is 14.0. The van der Waals surface area contributed by atoms with Crippen molar-refractivity contribution in [1.29, 1.82) is 0 Å². The second-order valence-corrected chi connectivity index (χ2v) is 4.70. The van der Waals surface area contributed by atoms with E-state index in [1.54, 1.807) is 18.2 Å². The summed E-state index contributed by atoms with van der Waals surface area (Å²) < 4.78 is 18.7. The first-order chi connectivity index (χ1) is 8.02. The van der Waals surface area contributed by atoms with Crippen molar-refractivity contribution in [2.24, 2.45) is 0 Å². The maximum Gasteiger partial charge on any atom is 0.165 e. The maximum atomic E-state index is 13.3. The number of hydrogen-bond acceptors (Lipinski definition) is 2. The summed E-state index contributed by atoms with van der Waals surface area (Å²) in [5.74, 6) is 0.0353. The minimum Gasteiger partial charge on any atom is -0.489 e. The second-order valence-electron chi connectivity index (χ2n) is 4.70. The zero-order valence-electron chi connectivity index (χ0n) is 11.1. The summed E-state index contributed by atoms with van der Waals surface area (Å²) in [6.45, 7) is 9.94. The fraction of sp³-hybridized carbons (Fsp3) is 0.571. The smallest absolute Gasteiger partial charge is 0.165 e. The Morgan fingerprint density at radius 2 is 1.71 bits per heavy atom. The highest BCUT2D eigenvalue weighted by Gasteiger charge is 2.13. The lowest BCUT2D eigenvalue weighted by Crippen LogP contribution is -2.39. The van der Waals surface area contributed by atoms with Crippen LogP contribution < -0.4 is 4.74 Å². The van der Waals surface area contributed by atoms with Crippen molar-refractivity contribution in [2.75, 3.05) is 13.2 Å². The van der Waals surface area contributed by atoms with Crippen LogP contribution >= 0.6 is 0 Å². The number of para-hydroxylation sites is 1. The van der Waals surface area contributed by atoms with Crippen molar-refractivity contribution in [3.8, 4) is 5.75 Å². The summed E-state index contributed by atoms with van der Waals surface area (Å²) in [6.07, 6.45) is 0. The molecule has 96 valence electrons. The normalized spacial score (nSPS) is 11.5. The summed E-state index contributed by atoms with van der Waals surface area (Å²) in [6, 6.07) is 7.46. The Morgan fingerprint density at radius 1 is 1.12 bits per heavy atom. The van der Waals surface area contributed by atoms with Gasteiger partial charge in [-0.15, -0.1) is 0 Å². The molecule has 0 atom stereocenters. The number of nitrogens with zero attached hydrogens (tertiary/aromatic N) is 1. The van der Waals surface area contributed by atoms with Crippen LogP contribution in [0.2, 0.25) is 0 Å². The zero-order chi connectivity index (χ0) is 12.8. The number of benzene rings is 1. The van der Waals surface area contributed by atoms with Gasteiger partial charge in [0, 0.05) is 18.6 Å². The van der Waals surface area contributed by atoms with Gasteiger partial charge in [0.1, 0.15) is 6.61 Å². The van der Waals surface area contributed by atoms with Crippen LogP contribution in [0.15, 0.2) is 24.3 Å². The Hall–Kier alpha value is -1.09. The Labute approximate surface area is 103 Å². The standard InChI is InChI=1S/C14H22FNO/c1-11(2)16(12(3)4)9-10-17-14-8-6-5-7-13(14)15/h5-8,11-12H,9-10H2,1-4H3. The van der Waals surface area contributed by atoms with E-state index in [4.69, 9.17) is 4.74 Å². The molecular formula is C14H22FNO. The summed E-state index contributed by atoms with van der Waals surface area (Å²) in [5, 5.41) is 0. The van der Waals surface area contributed by atoms with Crippen LogP contribution in [0.25, 0.3) is 0 Å². The average Bonchev–Trinajstić information content (AvgIpc) is 2.25. The van der Waals surface area contributed by atoms with Crippen molar-refractivity contribution < 1.29 is 9.13 Å². The summed E-state index contributed by atoms with van der Waals surface area (Å²) in [5.41, 5.74) is 0. The Balaban J connectivity index is 2.44. The van der Waals surface area contributed by atoms with Gasteiger partial charge in [0.05, 0.1) is 0 Å². The van der Waals surface area contributed by atoms with Gasteiger partial charge >= 0.3 is 0 Å². The summed E-state index contributed by atoms with van der Waals surface area (Å²) in [4.78, 5) is 2.32. The highest BCUT2D eigenvalue weighted by Crippen LogP contribution is 2.15. The topological polar surface area (TPSA) is 12.5 Å². The average molecular weight is 239 g/mol. The van der Waals surface area contributed by atoms with Gasteiger partial charge in [0.25, 0.3) is 0 Å². The monoisotopic (exact) mass is 239 g/mol. The molecule has 1 aromatic carbocycles. The van der Waals surface area contributed by atoms with Gasteiger partial charge in [-0.05, 0) is 39.8 Å². The molecule has 0 heterocycles. The second kappa shape index (κ2) is 6.60. The van der Waals surface area contributed by atoms with E-state index in [1.807, 2.05) is 0 Å². The molecule has 0 bridgehead atoms. The van der Waals surface area contributed by atoms with Crippen LogP contribution in [0.4, 0.5) is 4.39 Å². The molecule has 17 heavy (non-hydrogen) atoms. The molecule has 0 aliphatic rings. The van der Waals surface area contributed by atoms with Crippen molar-refractivity contribution in [3.63, 3.8) is 0 Å². The molecule has 0 aliphatic heterocycles. The lowest BCUT2D eigenvalue weighted by Gasteiger charge is -2.30. The van der Waals surface area contributed by atoms with Crippen molar-refractivity contribution >= 4 is 0 Å².